The number of carboxylic acid groups (broad SMARTS) is 1. The number of anilines is 2. The molecule has 8 rings (SSSR count). The lowest BCUT2D eigenvalue weighted by Crippen LogP contribution is -2.38. The lowest BCUT2D eigenvalue weighted by Gasteiger charge is -2.33. The molecule has 3 aromatic heterocycles. The first-order valence-corrected chi connectivity index (χ1v) is 20.0. The first kappa shape index (κ1) is 39.1. The van der Waals surface area contributed by atoms with Crippen molar-refractivity contribution in [3.63, 3.8) is 0 Å². The quantitative estimate of drug-likeness (QED) is 0.133. The van der Waals surface area contributed by atoms with E-state index in [1.807, 2.05) is 53.3 Å². The van der Waals surface area contributed by atoms with Crippen molar-refractivity contribution in [1.82, 2.24) is 34.6 Å². The van der Waals surface area contributed by atoms with E-state index in [9.17, 15) is 4.79 Å². The first-order chi connectivity index (χ1) is 27.0. The largest absolute Gasteiger partial charge is 0.484 e. The van der Waals surface area contributed by atoms with E-state index in [1.165, 1.54) is 19.3 Å². The van der Waals surface area contributed by atoms with Gasteiger partial charge in [-0.25, -0.2) is 9.48 Å². The number of carbonyl (C=O) groups is 2. The third-order valence-corrected chi connectivity index (χ3v) is 11.4. The summed E-state index contributed by atoms with van der Waals surface area (Å²) in [5, 5.41) is 28.0. The molecule has 1 aliphatic carbocycles. The number of pyridine rings is 1. The normalized spacial score (nSPS) is 19.9. The predicted molar refractivity (Wildman–Crippen MR) is 218 cm³/mol. The average Bonchev–Trinajstić information content (AvgIpc) is 3.95. The Labute approximate surface area is 333 Å². The number of piperidine rings is 1. The Balaban J connectivity index is 0.00000155. The smallest absolute Gasteiger partial charge is 0.320 e. The van der Waals surface area contributed by atoms with E-state index in [-0.39, 0.29) is 30.1 Å². The molecule has 3 N–H and O–H groups in total. The van der Waals surface area contributed by atoms with Gasteiger partial charge < -0.3 is 20.1 Å². The molecule has 5 heterocycles. The molecule has 2 fully saturated rings. The van der Waals surface area contributed by atoms with Gasteiger partial charge in [0.25, 0.3) is 6.47 Å². The number of urea groups is 1. The van der Waals surface area contributed by atoms with Crippen molar-refractivity contribution in [3.8, 4) is 11.4 Å². The fourth-order valence-corrected chi connectivity index (χ4v) is 8.22. The summed E-state index contributed by atoms with van der Waals surface area (Å²) in [7, 11) is 0. The van der Waals surface area contributed by atoms with Crippen LogP contribution in [0.3, 0.4) is 0 Å². The van der Waals surface area contributed by atoms with Crippen LogP contribution in [0, 0.1) is 0 Å². The fraction of sp³-hybridized carbons (Fsp3) is 0.452. The maximum Gasteiger partial charge on any atom is 0.320 e. The molecule has 0 radical (unpaired) electrons. The number of hydrogen-bond donors (Lipinski definition) is 3. The summed E-state index contributed by atoms with van der Waals surface area (Å²) in [6.45, 7) is 12.3. The van der Waals surface area contributed by atoms with Crippen LogP contribution in [0.1, 0.15) is 107 Å². The van der Waals surface area contributed by atoms with Crippen LogP contribution in [0.25, 0.3) is 11.3 Å². The number of amides is 2. The van der Waals surface area contributed by atoms with E-state index in [4.69, 9.17) is 31.3 Å². The predicted octanol–water partition coefficient (Wildman–Crippen LogP) is 8.32. The molecule has 0 unspecified atom stereocenters. The molecule has 3 aliphatic rings. The Morgan fingerprint density at radius 2 is 1.71 bits per heavy atom. The number of nitrogens with zero attached hydrogens (tertiary/aromatic N) is 7. The van der Waals surface area contributed by atoms with Crippen molar-refractivity contribution >= 4 is 41.5 Å². The van der Waals surface area contributed by atoms with E-state index in [0.717, 1.165) is 102 Å². The lowest BCUT2D eigenvalue weighted by molar-refractivity contribution is -0.122. The lowest BCUT2D eigenvalue weighted by atomic mass is 9.85. The van der Waals surface area contributed by atoms with Crippen LogP contribution in [0.15, 0.2) is 66.9 Å². The van der Waals surface area contributed by atoms with Gasteiger partial charge in [0.1, 0.15) is 17.7 Å². The average molecular weight is 782 g/mol. The highest BCUT2D eigenvalue weighted by atomic mass is 35.5. The highest BCUT2D eigenvalue weighted by Crippen LogP contribution is 2.39. The molecule has 2 saturated heterocycles. The second-order valence-corrected chi connectivity index (χ2v) is 16.4. The van der Waals surface area contributed by atoms with Crippen LogP contribution < -0.4 is 20.3 Å². The number of fused-ring (bicyclic) bond motifs is 2. The maximum atomic E-state index is 13.8. The van der Waals surface area contributed by atoms with Crippen LogP contribution in [0.2, 0.25) is 5.02 Å². The molecule has 5 aromatic rings. The number of benzene rings is 2. The Morgan fingerprint density at radius 1 is 0.964 bits per heavy atom. The van der Waals surface area contributed by atoms with Crippen molar-refractivity contribution in [3.05, 3.63) is 94.3 Å². The van der Waals surface area contributed by atoms with E-state index >= 15 is 0 Å². The molecule has 56 heavy (non-hydrogen) atoms. The van der Waals surface area contributed by atoms with Gasteiger partial charge >= 0.3 is 6.03 Å². The second kappa shape index (κ2) is 16.9. The van der Waals surface area contributed by atoms with Gasteiger partial charge in [0.2, 0.25) is 5.95 Å². The number of ether oxygens (including phenoxy) is 1. The molecule has 2 aromatic carbocycles. The zero-order valence-electron chi connectivity index (χ0n) is 32.6. The number of hydrogen-bond acceptors (Lipinski definition) is 8. The van der Waals surface area contributed by atoms with Crippen LogP contribution in [-0.4, -0.2) is 72.6 Å². The molecule has 0 spiro atoms. The molecule has 0 bridgehead atoms. The summed E-state index contributed by atoms with van der Waals surface area (Å²) < 4.78 is 10.6. The number of rotatable bonds is 8. The monoisotopic (exact) mass is 781 g/mol. The number of likely N-dealkylation sites (tertiary alicyclic amines) is 1. The van der Waals surface area contributed by atoms with Crippen LogP contribution >= 0.6 is 11.6 Å². The van der Waals surface area contributed by atoms with E-state index in [0.29, 0.717) is 11.9 Å². The molecule has 296 valence electrons. The van der Waals surface area contributed by atoms with Crippen LogP contribution in [-0.2, 0) is 16.8 Å². The number of carbonyl (C=O) groups excluding carboxylic acids is 1. The summed E-state index contributed by atoms with van der Waals surface area (Å²) >= 11 is 6.68. The zero-order valence-corrected chi connectivity index (χ0v) is 33.4. The minimum Gasteiger partial charge on any atom is -0.484 e. The van der Waals surface area contributed by atoms with Crippen molar-refractivity contribution < 1.29 is 19.4 Å². The van der Waals surface area contributed by atoms with Crippen molar-refractivity contribution in [2.75, 3.05) is 29.9 Å². The summed E-state index contributed by atoms with van der Waals surface area (Å²) in [5.74, 6) is 2.24. The summed E-state index contributed by atoms with van der Waals surface area (Å²) in [5.41, 5.74) is 5.52. The van der Waals surface area contributed by atoms with Crippen molar-refractivity contribution in [2.24, 2.45) is 0 Å². The zero-order chi connectivity index (χ0) is 39.4. The van der Waals surface area contributed by atoms with Gasteiger partial charge in [-0.05, 0) is 112 Å². The van der Waals surface area contributed by atoms with Crippen LogP contribution in [0.4, 0.5) is 16.6 Å². The van der Waals surface area contributed by atoms with Gasteiger partial charge in [-0.3, -0.25) is 19.4 Å². The number of aromatic nitrogens is 5. The SMILES string of the molecule is C[C@H]1CCCCN1c1nnc2ccc(O[C@@H]3CC[C@H](NC(=O)Nc4cc(C(C)(C)C)nn4-c4ccc(Cl)c(CN5CCCC5)c4)c4ccccc43)cn12.O=CO. The second-order valence-electron chi connectivity index (χ2n) is 16.0. The molecule has 14 heteroatoms. The minimum absolute atomic E-state index is 0.158. The van der Waals surface area contributed by atoms with Gasteiger partial charge in [0.15, 0.2) is 5.65 Å². The topological polar surface area (TPSA) is 142 Å². The summed E-state index contributed by atoms with van der Waals surface area (Å²) in [6.07, 6.45) is 9.31. The standard InChI is InChI=1S/C41H50ClN9O2.CH2O2/c1-27-11-7-8-22-49(27)40-46-45-37-19-15-30(26-50(37)40)53-35-18-17-34(31-12-5-6-13-32(31)35)43-39(52)44-38-24-36(41(2,3)4)47-51(38)29-14-16-33(42)28(23-29)25-48-20-9-10-21-48;2-1-3/h5-6,12-16,19,23-24,26-27,34-35H,7-11,17-18,20-22,25H2,1-4H3,(H2,43,44,52);1H,(H,2,3)/t27-,34-,35+;/m0./s1. The molecular formula is C42H52ClN9O4. The highest BCUT2D eigenvalue weighted by molar-refractivity contribution is 6.31. The first-order valence-electron chi connectivity index (χ1n) is 19.7. The van der Waals surface area contributed by atoms with Gasteiger partial charge in [0, 0.05) is 35.6 Å². The number of halogens is 1. The molecular weight excluding hydrogens is 730 g/mol. The highest BCUT2D eigenvalue weighted by Gasteiger charge is 2.31. The van der Waals surface area contributed by atoms with E-state index in [1.54, 1.807) is 0 Å². The summed E-state index contributed by atoms with van der Waals surface area (Å²) in [4.78, 5) is 26.9. The Bertz CT molecular complexity index is 2160. The molecule has 2 amide bonds. The molecule has 2 aliphatic heterocycles. The van der Waals surface area contributed by atoms with Gasteiger partial charge in [0.05, 0.1) is 23.6 Å². The van der Waals surface area contributed by atoms with Gasteiger partial charge in [-0.15, -0.1) is 10.2 Å². The molecule has 0 saturated carbocycles. The molecule has 13 nitrogen and oxygen atoms in total. The third kappa shape index (κ3) is 8.63. The minimum atomic E-state index is -0.283. The Morgan fingerprint density at radius 3 is 2.46 bits per heavy atom. The third-order valence-electron chi connectivity index (χ3n) is 11.0. The van der Waals surface area contributed by atoms with E-state index in [2.05, 4.69) is 80.9 Å². The van der Waals surface area contributed by atoms with Gasteiger partial charge in [-0.1, -0.05) is 56.6 Å². The number of nitrogens with one attached hydrogen (secondary N) is 2. The van der Waals surface area contributed by atoms with Crippen molar-refractivity contribution in [1.29, 1.82) is 0 Å². The molecule has 3 atom stereocenters. The summed E-state index contributed by atoms with van der Waals surface area (Å²) in [6, 6.07) is 20.1. The maximum absolute atomic E-state index is 13.8. The van der Waals surface area contributed by atoms with Gasteiger partial charge in [-0.2, -0.15) is 5.10 Å². The Kier molecular flexibility index (Phi) is 11.8. The van der Waals surface area contributed by atoms with E-state index < -0.39 is 0 Å². The fourth-order valence-electron chi connectivity index (χ4n) is 8.05. The Hall–Kier alpha value is -5.14. The van der Waals surface area contributed by atoms with Crippen molar-refractivity contribution in [2.45, 2.75) is 103 Å². The van der Waals surface area contributed by atoms with Crippen LogP contribution in [0.5, 0.6) is 5.75 Å².